The molecule has 7 nitrogen and oxygen atoms in total. The number of aryl methyl sites for hydroxylation is 1. The molecule has 2 aromatic rings. The summed E-state index contributed by atoms with van der Waals surface area (Å²) in [4.78, 5) is 23.5. The Morgan fingerprint density at radius 3 is 2.35 bits per heavy atom. The highest BCUT2D eigenvalue weighted by atomic mass is 32.2. The zero-order chi connectivity index (χ0) is 18.9. The van der Waals surface area contributed by atoms with E-state index in [1.807, 2.05) is 0 Å². The molecule has 136 valence electrons. The minimum Gasteiger partial charge on any atom is -0.366 e. The molecule has 0 spiro atoms. The molecule has 2 amide bonds. The van der Waals surface area contributed by atoms with Crippen LogP contribution < -0.4 is 15.4 Å². The summed E-state index contributed by atoms with van der Waals surface area (Å²) >= 11 is 0. The van der Waals surface area contributed by atoms with Crippen molar-refractivity contribution in [2.45, 2.75) is 12.8 Å². The van der Waals surface area contributed by atoms with E-state index >= 15 is 0 Å². The molecule has 0 aliphatic carbocycles. The number of hydrogen-bond acceptors (Lipinski definition) is 4. The largest absolute Gasteiger partial charge is 0.366 e. The van der Waals surface area contributed by atoms with Crippen LogP contribution in [0.1, 0.15) is 32.7 Å². The number of amides is 2. The molecule has 3 N–H and O–H groups in total. The predicted molar refractivity (Wildman–Crippen MR) is 99.9 cm³/mol. The van der Waals surface area contributed by atoms with Crippen molar-refractivity contribution in [3.8, 4) is 0 Å². The van der Waals surface area contributed by atoms with E-state index in [2.05, 4.69) is 5.32 Å². The highest BCUT2D eigenvalue weighted by Gasteiger charge is 2.24. The molecule has 26 heavy (non-hydrogen) atoms. The van der Waals surface area contributed by atoms with Gasteiger partial charge >= 0.3 is 0 Å². The summed E-state index contributed by atoms with van der Waals surface area (Å²) in [6.07, 6.45) is 2.61. The molecule has 0 bridgehead atoms. The average molecular weight is 373 g/mol. The first kappa shape index (κ1) is 17.9. The highest BCUT2D eigenvalue weighted by Crippen LogP contribution is 2.30. The molecule has 0 atom stereocenters. The Morgan fingerprint density at radius 1 is 1.08 bits per heavy atom. The normalized spacial score (nSPS) is 13.8. The van der Waals surface area contributed by atoms with Gasteiger partial charge in [0.15, 0.2) is 0 Å². The number of rotatable bonds is 4. The Bertz CT molecular complexity index is 968. The topological polar surface area (TPSA) is 110 Å². The molecule has 1 aliphatic heterocycles. The lowest BCUT2D eigenvalue weighted by molar-refractivity contribution is 0.0998. The van der Waals surface area contributed by atoms with E-state index in [-0.39, 0.29) is 5.91 Å². The molecule has 1 aliphatic rings. The Labute approximate surface area is 151 Å². The van der Waals surface area contributed by atoms with Gasteiger partial charge in [0.1, 0.15) is 0 Å². The van der Waals surface area contributed by atoms with Crippen LogP contribution in [0.5, 0.6) is 0 Å². The number of carbonyl (C=O) groups is 2. The first-order chi connectivity index (χ1) is 12.3. The summed E-state index contributed by atoms with van der Waals surface area (Å²) in [5, 5.41) is 2.75. The molecular weight excluding hydrogens is 354 g/mol. The molecular formula is C18H19N3O4S. The van der Waals surface area contributed by atoms with Gasteiger partial charge in [-0.2, -0.15) is 0 Å². The van der Waals surface area contributed by atoms with Crippen LogP contribution in [0.4, 0.5) is 11.4 Å². The third-order valence-electron chi connectivity index (χ3n) is 4.25. The van der Waals surface area contributed by atoms with Crippen molar-refractivity contribution < 1.29 is 18.0 Å². The number of sulfonamides is 1. The molecule has 0 unspecified atom stereocenters. The van der Waals surface area contributed by atoms with E-state index in [0.29, 0.717) is 35.5 Å². The van der Waals surface area contributed by atoms with Gasteiger partial charge in [0.05, 0.1) is 11.9 Å². The fourth-order valence-electron chi connectivity index (χ4n) is 2.97. The van der Waals surface area contributed by atoms with Crippen LogP contribution in [0.2, 0.25) is 0 Å². The summed E-state index contributed by atoms with van der Waals surface area (Å²) < 4.78 is 25.2. The molecule has 1 heterocycles. The van der Waals surface area contributed by atoms with Gasteiger partial charge in [-0.1, -0.05) is 0 Å². The van der Waals surface area contributed by atoms with E-state index in [1.165, 1.54) is 22.7 Å². The number of nitrogens with one attached hydrogen (secondary N) is 1. The molecule has 2 aromatic carbocycles. The van der Waals surface area contributed by atoms with Gasteiger partial charge in [0, 0.05) is 23.4 Å². The van der Waals surface area contributed by atoms with Gasteiger partial charge in [-0.25, -0.2) is 8.42 Å². The van der Waals surface area contributed by atoms with Crippen LogP contribution in [0.15, 0.2) is 42.5 Å². The highest BCUT2D eigenvalue weighted by molar-refractivity contribution is 7.92. The van der Waals surface area contributed by atoms with Crippen molar-refractivity contribution in [2.24, 2.45) is 5.73 Å². The summed E-state index contributed by atoms with van der Waals surface area (Å²) in [5.41, 5.74) is 7.99. The maximum atomic E-state index is 12.5. The fourth-order valence-corrected chi connectivity index (χ4v) is 3.97. The number of benzene rings is 2. The van der Waals surface area contributed by atoms with Gasteiger partial charge in [0.2, 0.25) is 15.9 Å². The number of primary amides is 1. The van der Waals surface area contributed by atoms with Crippen LogP contribution >= 0.6 is 0 Å². The van der Waals surface area contributed by atoms with E-state index in [4.69, 9.17) is 5.73 Å². The van der Waals surface area contributed by atoms with Crippen LogP contribution in [-0.2, 0) is 16.4 Å². The number of carbonyl (C=O) groups excluding carboxylic acids is 2. The van der Waals surface area contributed by atoms with Crippen molar-refractivity contribution >= 4 is 33.2 Å². The van der Waals surface area contributed by atoms with Crippen molar-refractivity contribution in [2.75, 3.05) is 22.4 Å². The number of hydrogen-bond donors (Lipinski definition) is 2. The maximum absolute atomic E-state index is 12.5. The lowest BCUT2D eigenvalue weighted by Gasteiger charge is -2.29. The second-order valence-corrected chi connectivity index (χ2v) is 8.08. The van der Waals surface area contributed by atoms with Gasteiger partial charge < -0.3 is 11.1 Å². The Kier molecular flexibility index (Phi) is 4.69. The maximum Gasteiger partial charge on any atom is 0.255 e. The summed E-state index contributed by atoms with van der Waals surface area (Å²) in [6, 6.07) is 11.3. The number of fused-ring (bicyclic) bond motifs is 1. The van der Waals surface area contributed by atoms with E-state index in [0.717, 1.165) is 12.0 Å². The Morgan fingerprint density at radius 2 is 1.73 bits per heavy atom. The second-order valence-electron chi connectivity index (χ2n) is 6.18. The van der Waals surface area contributed by atoms with Crippen molar-refractivity contribution in [3.05, 3.63) is 59.2 Å². The zero-order valence-corrected chi connectivity index (χ0v) is 15.0. The monoisotopic (exact) mass is 373 g/mol. The quantitative estimate of drug-likeness (QED) is 0.851. The average Bonchev–Trinajstić information content (AvgIpc) is 2.60. The predicted octanol–water partition coefficient (Wildman–Crippen LogP) is 1.75. The van der Waals surface area contributed by atoms with Crippen LogP contribution in [-0.4, -0.2) is 33.0 Å². The van der Waals surface area contributed by atoms with E-state index < -0.39 is 15.9 Å². The molecule has 0 aromatic heterocycles. The van der Waals surface area contributed by atoms with Crippen molar-refractivity contribution in [3.63, 3.8) is 0 Å². The molecule has 3 rings (SSSR count). The zero-order valence-electron chi connectivity index (χ0n) is 14.2. The molecule has 8 heteroatoms. The standard InChI is InChI=1S/C18H19N3O4S/c1-26(24,25)21-10-2-3-13-11-14(6-9-16(13)21)18(23)20-15-7-4-12(5-8-15)17(19)22/h4-9,11H,2-3,10H2,1H3,(H2,19,22)(H,20,23). The second kappa shape index (κ2) is 6.80. The first-order valence-electron chi connectivity index (χ1n) is 8.07. The third kappa shape index (κ3) is 3.70. The van der Waals surface area contributed by atoms with E-state index in [9.17, 15) is 18.0 Å². The van der Waals surface area contributed by atoms with Gasteiger partial charge in [-0.3, -0.25) is 13.9 Å². The lowest BCUT2D eigenvalue weighted by atomic mass is 10.0. The third-order valence-corrected chi connectivity index (χ3v) is 5.43. The first-order valence-corrected chi connectivity index (χ1v) is 9.92. The van der Waals surface area contributed by atoms with Crippen molar-refractivity contribution in [1.82, 2.24) is 0 Å². The SMILES string of the molecule is CS(=O)(=O)N1CCCc2cc(C(=O)Nc3ccc(C(N)=O)cc3)ccc21. The van der Waals surface area contributed by atoms with Gasteiger partial charge in [0.25, 0.3) is 5.91 Å². The molecule has 0 radical (unpaired) electrons. The summed E-state index contributed by atoms with van der Waals surface area (Å²) in [5.74, 6) is -0.843. The summed E-state index contributed by atoms with van der Waals surface area (Å²) in [7, 11) is -3.34. The summed E-state index contributed by atoms with van der Waals surface area (Å²) in [6.45, 7) is 0.448. The molecule has 0 saturated carbocycles. The van der Waals surface area contributed by atoms with Gasteiger partial charge in [-0.15, -0.1) is 0 Å². The Balaban J connectivity index is 1.82. The van der Waals surface area contributed by atoms with Crippen LogP contribution in [0.25, 0.3) is 0 Å². The van der Waals surface area contributed by atoms with Crippen LogP contribution in [0, 0.1) is 0 Å². The van der Waals surface area contributed by atoms with Gasteiger partial charge in [-0.05, 0) is 60.9 Å². The molecule has 0 saturated heterocycles. The number of nitrogens with two attached hydrogens (primary N) is 1. The lowest BCUT2D eigenvalue weighted by Crippen LogP contribution is -2.34. The van der Waals surface area contributed by atoms with E-state index in [1.54, 1.807) is 30.3 Å². The molecule has 0 fully saturated rings. The smallest absolute Gasteiger partial charge is 0.255 e. The van der Waals surface area contributed by atoms with Crippen molar-refractivity contribution in [1.29, 1.82) is 0 Å². The fraction of sp³-hybridized carbons (Fsp3) is 0.222. The minimum absolute atomic E-state index is 0.309. The number of nitrogens with zero attached hydrogens (tertiary/aromatic N) is 1. The minimum atomic E-state index is -3.34. The van der Waals surface area contributed by atoms with Crippen LogP contribution in [0.3, 0.4) is 0 Å². The Hall–Kier alpha value is -2.87. The number of anilines is 2.